The molecule has 2 aromatic rings. The number of aryl methyl sites for hydroxylation is 1. The van der Waals surface area contributed by atoms with E-state index in [1.165, 1.54) is 30.6 Å². The summed E-state index contributed by atoms with van der Waals surface area (Å²) in [5.74, 6) is -0.131. The third kappa shape index (κ3) is 4.91. The van der Waals surface area contributed by atoms with E-state index in [1.807, 2.05) is 12.1 Å². The Morgan fingerprint density at radius 3 is 2.60 bits per heavy atom. The van der Waals surface area contributed by atoms with Crippen LogP contribution in [0.25, 0.3) is 0 Å². The van der Waals surface area contributed by atoms with E-state index in [0.29, 0.717) is 37.1 Å². The van der Waals surface area contributed by atoms with Gasteiger partial charge in [0.25, 0.3) is 5.91 Å². The molecule has 9 heteroatoms. The van der Waals surface area contributed by atoms with Gasteiger partial charge in [-0.25, -0.2) is 9.78 Å². The predicted octanol–water partition coefficient (Wildman–Crippen LogP) is 3.56. The average Bonchev–Trinajstić information content (AvgIpc) is 3.24. The SMILES string of the molecule is Cc1ccc(NC(=O)Nc2nc(C(=O)N3CCOCC3)cs2)c(N2CCCCC2)c1. The number of amides is 3. The predicted molar refractivity (Wildman–Crippen MR) is 119 cm³/mol. The minimum Gasteiger partial charge on any atom is -0.378 e. The first-order valence-electron chi connectivity index (χ1n) is 10.4. The minimum absolute atomic E-state index is 0.131. The molecular formula is C21H27N5O3S. The molecule has 2 fully saturated rings. The van der Waals surface area contributed by atoms with Crippen molar-refractivity contribution in [2.45, 2.75) is 26.2 Å². The van der Waals surface area contributed by atoms with Crippen molar-refractivity contribution < 1.29 is 14.3 Å². The highest BCUT2D eigenvalue weighted by Gasteiger charge is 2.22. The zero-order chi connectivity index (χ0) is 20.9. The van der Waals surface area contributed by atoms with Gasteiger partial charge in [0.15, 0.2) is 5.13 Å². The van der Waals surface area contributed by atoms with Gasteiger partial charge >= 0.3 is 6.03 Å². The summed E-state index contributed by atoms with van der Waals surface area (Å²) in [4.78, 5) is 33.5. The Hall–Kier alpha value is -2.65. The monoisotopic (exact) mass is 429 g/mol. The summed E-state index contributed by atoms with van der Waals surface area (Å²) in [6.07, 6.45) is 3.58. The van der Waals surface area contributed by atoms with Gasteiger partial charge in [0.2, 0.25) is 0 Å². The van der Waals surface area contributed by atoms with Gasteiger partial charge in [0, 0.05) is 31.6 Å². The molecule has 2 aliphatic heterocycles. The molecule has 2 saturated heterocycles. The maximum Gasteiger partial charge on any atom is 0.325 e. The van der Waals surface area contributed by atoms with Crippen LogP contribution in [0.5, 0.6) is 0 Å². The lowest BCUT2D eigenvalue weighted by Gasteiger charge is -2.30. The standard InChI is InChI=1S/C21H27N5O3S/c1-15-5-6-16(18(13-15)25-7-3-2-4-8-25)22-20(28)24-21-23-17(14-30-21)19(27)26-9-11-29-12-10-26/h5-6,13-14H,2-4,7-12H2,1H3,(H2,22,23,24,28). The zero-order valence-corrected chi connectivity index (χ0v) is 18.0. The summed E-state index contributed by atoms with van der Waals surface area (Å²) >= 11 is 1.24. The van der Waals surface area contributed by atoms with Crippen molar-refractivity contribution in [2.75, 3.05) is 54.9 Å². The summed E-state index contributed by atoms with van der Waals surface area (Å²) in [5.41, 5.74) is 3.34. The van der Waals surface area contributed by atoms with Gasteiger partial charge in [0.05, 0.1) is 24.6 Å². The maximum absolute atomic E-state index is 12.6. The van der Waals surface area contributed by atoms with E-state index < -0.39 is 0 Å². The molecule has 160 valence electrons. The van der Waals surface area contributed by atoms with Crippen molar-refractivity contribution in [1.82, 2.24) is 9.88 Å². The summed E-state index contributed by atoms with van der Waals surface area (Å²) in [6.45, 7) is 6.26. The van der Waals surface area contributed by atoms with Crippen LogP contribution in [-0.4, -0.2) is 61.2 Å². The number of hydrogen-bond donors (Lipinski definition) is 2. The Morgan fingerprint density at radius 1 is 1.07 bits per heavy atom. The fourth-order valence-electron chi connectivity index (χ4n) is 3.75. The number of nitrogens with zero attached hydrogens (tertiary/aromatic N) is 3. The molecule has 0 atom stereocenters. The topological polar surface area (TPSA) is 86.8 Å². The second-order valence-corrected chi connectivity index (χ2v) is 8.45. The fourth-order valence-corrected chi connectivity index (χ4v) is 4.43. The number of carbonyl (C=O) groups is 2. The highest BCUT2D eigenvalue weighted by molar-refractivity contribution is 7.14. The van der Waals surface area contributed by atoms with Gasteiger partial charge < -0.3 is 19.9 Å². The Bertz CT molecular complexity index is 904. The van der Waals surface area contributed by atoms with Crippen LogP contribution in [0.1, 0.15) is 35.3 Å². The van der Waals surface area contributed by atoms with E-state index in [4.69, 9.17) is 4.74 Å². The molecule has 0 bridgehead atoms. The number of ether oxygens (including phenoxy) is 1. The molecule has 4 rings (SSSR count). The van der Waals surface area contributed by atoms with Gasteiger partial charge in [-0.15, -0.1) is 11.3 Å². The maximum atomic E-state index is 12.6. The average molecular weight is 430 g/mol. The summed E-state index contributed by atoms with van der Waals surface area (Å²) in [5, 5.41) is 7.78. The van der Waals surface area contributed by atoms with Crippen LogP contribution in [0.4, 0.5) is 21.3 Å². The fraction of sp³-hybridized carbons (Fsp3) is 0.476. The molecule has 30 heavy (non-hydrogen) atoms. The van der Waals surface area contributed by atoms with Crippen LogP contribution in [-0.2, 0) is 4.74 Å². The number of anilines is 3. The minimum atomic E-state index is -0.364. The largest absolute Gasteiger partial charge is 0.378 e. The van der Waals surface area contributed by atoms with Gasteiger partial charge in [0.1, 0.15) is 5.69 Å². The molecule has 2 aliphatic rings. The number of rotatable bonds is 4. The lowest BCUT2D eigenvalue weighted by Crippen LogP contribution is -2.40. The van der Waals surface area contributed by atoms with E-state index >= 15 is 0 Å². The molecule has 0 aliphatic carbocycles. The van der Waals surface area contributed by atoms with Crippen LogP contribution >= 0.6 is 11.3 Å². The highest BCUT2D eigenvalue weighted by Crippen LogP contribution is 2.30. The first-order valence-corrected chi connectivity index (χ1v) is 11.2. The number of piperidine rings is 1. The Labute approximate surface area is 180 Å². The summed E-state index contributed by atoms with van der Waals surface area (Å²) < 4.78 is 5.28. The molecule has 3 amide bonds. The molecular weight excluding hydrogens is 402 g/mol. The zero-order valence-electron chi connectivity index (χ0n) is 17.1. The number of morpholine rings is 1. The lowest BCUT2D eigenvalue weighted by molar-refractivity contribution is 0.0299. The van der Waals surface area contributed by atoms with Crippen molar-refractivity contribution >= 4 is 39.8 Å². The van der Waals surface area contributed by atoms with E-state index in [2.05, 4.69) is 33.5 Å². The Morgan fingerprint density at radius 2 is 1.83 bits per heavy atom. The van der Waals surface area contributed by atoms with Crippen LogP contribution in [0.3, 0.4) is 0 Å². The third-order valence-electron chi connectivity index (χ3n) is 5.34. The Balaban J connectivity index is 1.40. The van der Waals surface area contributed by atoms with Crippen LogP contribution in [0.2, 0.25) is 0 Å². The lowest BCUT2D eigenvalue weighted by atomic mass is 10.1. The molecule has 3 heterocycles. The number of carbonyl (C=O) groups excluding carboxylic acids is 2. The quantitative estimate of drug-likeness (QED) is 0.776. The third-order valence-corrected chi connectivity index (χ3v) is 6.10. The van der Waals surface area contributed by atoms with Gasteiger partial charge in [-0.1, -0.05) is 6.07 Å². The second-order valence-electron chi connectivity index (χ2n) is 7.59. The van der Waals surface area contributed by atoms with Crippen molar-refractivity contribution in [3.05, 3.63) is 34.8 Å². The first kappa shape index (κ1) is 20.6. The van der Waals surface area contributed by atoms with E-state index in [9.17, 15) is 9.59 Å². The molecule has 0 spiro atoms. The van der Waals surface area contributed by atoms with Crippen LogP contribution in [0, 0.1) is 6.92 Å². The summed E-state index contributed by atoms with van der Waals surface area (Å²) in [6, 6.07) is 5.68. The van der Waals surface area contributed by atoms with E-state index in [0.717, 1.165) is 30.0 Å². The number of urea groups is 1. The molecule has 8 nitrogen and oxygen atoms in total. The van der Waals surface area contributed by atoms with E-state index in [1.54, 1.807) is 10.3 Å². The smallest absolute Gasteiger partial charge is 0.325 e. The van der Waals surface area contributed by atoms with Crippen molar-refractivity contribution in [1.29, 1.82) is 0 Å². The van der Waals surface area contributed by atoms with Crippen molar-refractivity contribution in [3.8, 4) is 0 Å². The van der Waals surface area contributed by atoms with Gasteiger partial charge in [-0.2, -0.15) is 0 Å². The normalized spacial score (nSPS) is 17.0. The molecule has 2 N–H and O–H groups in total. The van der Waals surface area contributed by atoms with Crippen LogP contribution in [0.15, 0.2) is 23.6 Å². The van der Waals surface area contributed by atoms with E-state index in [-0.39, 0.29) is 11.9 Å². The number of benzene rings is 1. The van der Waals surface area contributed by atoms with Gasteiger partial charge in [-0.3, -0.25) is 10.1 Å². The molecule has 0 radical (unpaired) electrons. The number of aromatic nitrogens is 1. The highest BCUT2D eigenvalue weighted by atomic mass is 32.1. The van der Waals surface area contributed by atoms with Gasteiger partial charge in [-0.05, 0) is 43.9 Å². The first-order chi connectivity index (χ1) is 14.6. The number of hydrogen-bond acceptors (Lipinski definition) is 6. The number of nitrogens with one attached hydrogen (secondary N) is 2. The van der Waals surface area contributed by atoms with Crippen LogP contribution < -0.4 is 15.5 Å². The molecule has 0 unspecified atom stereocenters. The molecule has 1 aromatic heterocycles. The summed E-state index contributed by atoms with van der Waals surface area (Å²) in [7, 11) is 0. The number of thiazole rings is 1. The second kappa shape index (κ2) is 9.44. The molecule has 1 aromatic carbocycles. The molecule has 0 saturated carbocycles. The Kier molecular flexibility index (Phi) is 6.49. The van der Waals surface area contributed by atoms with Crippen molar-refractivity contribution in [2.24, 2.45) is 0 Å². The van der Waals surface area contributed by atoms with Crippen molar-refractivity contribution in [3.63, 3.8) is 0 Å².